The average molecular weight is 265 g/mol. The maximum absolute atomic E-state index is 9.03. The molecule has 2 N–H and O–H groups in total. The minimum atomic E-state index is -0.0337. The lowest BCUT2D eigenvalue weighted by Crippen LogP contribution is -2.19. The Morgan fingerprint density at radius 1 is 1.62 bits per heavy atom. The van der Waals surface area contributed by atoms with Crippen LogP contribution >= 0.6 is 27.5 Å². The van der Waals surface area contributed by atoms with Gasteiger partial charge < -0.3 is 10.4 Å². The van der Waals surface area contributed by atoms with E-state index in [1.165, 1.54) is 0 Å². The van der Waals surface area contributed by atoms with Crippen molar-refractivity contribution in [3.63, 3.8) is 0 Å². The zero-order valence-electron chi connectivity index (χ0n) is 7.22. The fourth-order valence-corrected chi connectivity index (χ4v) is 1.61. The van der Waals surface area contributed by atoms with Crippen molar-refractivity contribution in [1.82, 2.24) is 5.32 Å². The minimum absolute atomic E-state index is 0.0337. The van der Waals surface area contributed by atoms with Crippen molar-refractivity contribution in [2.75, 3.05) is 13.7 Å². The van der Waals surface area contributed by atoms with Crippen molar-refractivity contribution >= 4 is 27.5 Å². The van der Waals surface area contributed by atoms with E-state index in [9.17, 15) is 0 Å². The van der Waals surface area contributed by atoms with Gasteiger partial charge in [0.2, 0.25) is 0 Å². The number of likely N-dealkylation sites (N-methyl/N-ethyl adjacent to an activating group) is 1. The van der Waals surface area contributed by atoms with Gasteiger partial charge in [-0.15, -0.1) is 0 Å². The summed E-state index contributed by atoms with van der Waals surface area (Å²) in [6.45, 7) is 0.0740. The van der Waals surface area contributed by atoms with Crippen LogP contribution in [0.2, 0.25) is 5.02 Å². The molecule has 13 heavy (non-hydrogen) atoms. The van der Waals surface area contributed by atoms with Crippen molar-refractivity contribution in [1.29, 1.82) is 0 Å². The van der Waals surface area contributed by atoms with E-state index in [0.717, 1.165) is 10.0 Å². The molecule has 1 atom stereocenters. The summed E-state index contributed by atoms with van der Waals surface area (Å²) in [5.41, 5.74) is 1.02. The Morgan fingerprint density at radius 2 is 2.31 bits per heavy atom. The molecule has 0 aliphatic carbocycles. The summed E-state index contributed by atoms with van der Waals surface area (Å²) < 4.78 is 0.848. The molecule has 0 heterocycles. The van der Waals surface area contributed by atoms with Gasteiger partial charge in [0, 0.05) is 4.47 Å². The van der Waals surface area contributed by atoms with Gasteiger partial charge in [-0.05, 0) is 40.7 Å². The highest BCUT2D eigenvalue weighted by Crippen LogP contribution is 2.25. The predicted molar refractivity (Wildman–Crippen MR) is 58.0 cm³/mol. The number of halogens is 2. The Bertz CT molecular complexity index is 289. The molecule has 0 aliphatic heterocycles. The van der Waals surface area contributed by atoms with Crippen LogP contribution in [0.25, 0.3) is 0 Å². The molecule has 72 valence electrons. The highest BCUT2D eigenvalue weighted by molar-refractivity contribution is 9.10. The molecule has 1 rings (SSSR count). The average Bonchev–Trinajstić information content (AvgIpc) is 2.13. The fourth-order valence-electron chi connectivity index (χ4n) is 1.09. The molecule has 1 aromatic carbocycles. The predicted octanol–water partition coefficient (Wildman–Crippen LogP) is 2.36. The summed E-state index contributed by atoms with van der Waals surface area (Å²) in [6.07, 6.45) is 0. The standard InChI is InChI=1S/C9H11BrClNO/c1-12-9(5-13)6-2-3-8(11)7(10)4-6/h2-4,9,12-13H,5H2,1H3/t9-/m1/s1. The number of aliphatic hydroxyl groups excluding tert-OH is 1. The van der Waals surface area contributed by atoms with Crippen molar-refractivity contribution in [2.45, 2.75) is 6.04 Å². The molecule has 0 saturated carbocycles. The molecule has 0 amide bonds. The van der Waals surface area contributed by atoms with E-state index < -0.39 is 0 Å². The van der Waals surface area contributed by atoms with E-state index in [4.69, 9.17) is 16.7 Å². The molecular weight excluding hydrogens is 253 g/mol. The zero-order chi connectivity index (χ0) is 9.84. The third-order valence-corrected chi connectivity index (χ3v) is 3.09. The second-order valence-corrected chi connectivity index (χ2v) is 3.96. The van der Waals surface area contributed by atoms with Gasteiger partial charge in [-0.2, -0.15) is 0 Å². The molecule has 2 nitrogen and oxygen atoms in total. The van der Waals surface area contributed by atoms with Gasteiger partial charge in [-0.3, -0.25) is 0 Å². The largest absolute Gasteiger partial charge is 0.394 e. The summed E-state index contributed by atoms with van der Waals surface area (Å²) in [5, 5.41) is 12.7. The number of benzene rings is 1. The first kappa shape index (κ1) is 11.0. The molecule has 0 aromatic heterocycles. The van der Waals surface area contributed by atoms with Crippen LogP contribution in [-0.4, -0.2) is 18.8 Å². The number of nitrogens with one attached hydrogen (secondary N) is 1. The van der Waals surface area contributed by atoms with E-state index in [1.807, 2.05) is 19.2 Å². The van der Waals surface area contributed by atoms with Crippen molar-refractivity contribution < 1.29 is 5.11 Å². The first-order valence-electron chi connectivity index (χ1n) is 3.92. The van der Waals surface area contributed by atoms with Crippen LogP contribution in [0, 0.1) is 0 Å². The zero-order valence-corrected chi connectivity index (χ0v) is 9.56. The molecule has 1 aromatic rings. The van der Waals surface area contributed by atoms with E-state index in [0.29, 0.717) is 5.02 Å². The van der Waals surface area contributed by atoms with Gasteiger partial charge in [0.1, 0.15) is 0 Å². The number of hydrogen-bond donors (Lipinski definition) is 2. The van der Waals surface area contributed by atoms with Gasteiger partial charge in [0.25, 0.3) is 0 Å². The summed E-state index contributed by atoms with van der Waals surface area (Å²) in [5.74, 6) is 0. The van der Waals surface area contributed by atoms with Gasteiger partial charge in [-0.1, -0.05) is 17.7 Å². The third-order valence-electron chi connectivity index (χ3n) is 1.88. The minimum Gasteiger partial charge on any atom is -0.394 e. The Balaban J connectivity index is 2.95. The molecule has 0 fully saturated rings. The van der Waals surface area contributed by atoms with Crippen LogP contribution < -0.4 is 5.32 Å². The van der Waals surface area contributed by atoms with Gasteiger partial charge in [0.05, 0.1) is 17.7 Å². The number of aliphatic hydroxyl groups is 1. The first-order valence-corrected chi connectivity index (χ1v) is 5.09. The van der Waals surface area contributed by atoms with Crippen molar-refractivity contribution in [3.8, 4) is 0 Å². The molecule has 0 unspecified atom stereocenters. The summed E-state index contributed by atoms with van der Waals surface area (Å²) in [4.78, 5) is 0. The van der Waals surface area contributed by atoms with Gasteiger partial charge in [-0.25, -0.2) is 0 Å². The summed E-state index contributed by atoms with van der Waals surface area (Å²) in [7, 11) is 1.81. The fraction of sp³-hybridized carbons (Fsp3) is 0.333. The Morgan fingerprint density at radius 3 is 2.77 bits per heavy atom. The van der Waals surface area contributed by atoms with Crippen LogP contribution in [0.15, 0.2) is 22.7 Å². The van der Waals surface area contributed by atoms with Crippen LogP contribution in [0.3, 0.4) is 0 Å². The molecule has 0 spiro atoms. The lowest BCUT2D eigenvalue weighted by Gasteiger charge is -2.13. The van der Waals surface area contributed by atoms with E-state index in [2.05, 4.69) is 21.2 Å². The lowest BCUT2D eigenvalue weighted by atomic mass is 10.1. The SMILES string of the molecule is CN[C@H](CO)c1ccc(Cl)c(Br)c1. The molecular formula is C9H11BrClNO. The van der Waals surface area contributed by atoms with Gasteiger partial charge >= 0.3 is 0 Å². The smallest absolute Gasteiger partial charge is 0.0626 e. The topological polar surface area (TPSA) is 32.3 Å². The van der Waals surface area contributed by atoms with Crippen molar-refractivity contribution in [2.24, 2.45) is 0 Å². The molecule has 0 bridgehead atoms. The van der Waals surface area contributed by atoms with E-state index in [-0.39, 0.29) is 12.6 Å². The maximum atomic E-state index is 9.03. The Kier molecular flexibility index (Phi) is 4.19. The molecule has 0 aliphatic rings. The molecule has 0 radical (unpaired) electrons. The van der Waals surface area contributed by atoms with Crippen LogP contribution in [0.5, 0.6) is 0 Å². The van der Waals surface area contributed by atoms with E-state index >= 15 is 0 Å². The van der Waals surface area contributed by atoms with Crippen molar-refractivity contribution in [3.05, 3.63) is 33.3 Å². The number of rotatable bonds is 3. The number of hydrogen-bond acceptors (Lipinski definition) is 2. The second kappa shape index (κ2) is 4.96. The highest BCUT2D eigenvalue weighted by atomic mass is 79.9. The molecule has 0 saturated heterocycles. The highest BCUT2D eigenvalue weighted by Gasteiger charge is 2.08. The summed E-state index contributed by atoms with van der Waals surface area (Å²) >= 11 is 9.17. The monoisotopic (exact) mass is 263 g/mol. The van der Waals surface area contributed by atoms with Gasteiger partial charge in [0.15, 0.2) is 0 Å². The second-order valence-electron chi connectivity index (χ2n) is 2.70. The third kappa shape index (κ3) is 2.68. The quantitative estimate of drug-likeness (QED) is 0.878. The van der Waals surface area contributed by atoms with Crippen LogP contribution in [0.1, 0.15) is 11.6 Å². The molecule has 4 heteroatoms. The van der Waals surface area contributed by atoms with E-state index in [1.54, 1.807) is 6.07 Å². The Labute approximate surface area is 91.0 Å². The normalized spacial score (nSPS) is 12.9. The maximum Gasteiger partial charge on any atom is 0.0626 e. The van der Waals surface area contributed by atoms with Crippen LogP contribution in [-0.2, 0) is 0 Å². The lowest BCUT2D eigenvalue weighted by molar-refractivity contribution is 0.251. The Hall–Kier alpha value is -0.0900. The summed E-state index contributed by atoms with van der Waals surface area (Å²) in [6, 6.07) is 5.57. The first-order chi connectivity index (χ1) is 6.19. The van der Waals surface area contributed by atoms with Crippen LogP contribution in [0.4, 0.5) is 0 Å².